The second-order valence-corrected chi connectivity index (χ2v) is 2.69. The highest BCUT2D eigenvalue weighted by molar-refractivity contribution is 5.85. The summed E-state index contributed by atoms with van der Waals surface area (Å²) in [6.07, 6.45) is 1.62. The van der Waals surface area contributed by atoms with Gasteiger partial charge in [-0.15, -0.1) is 19.0 Å². The molecule has 78 valence electrons. The first kappa shape index (κ1) is 12.8. The van der Waals surface area contributed by atoms with E-state index in [2.05, 4.69) is 6.58 Å². The van der Waals surface area contributed by atoms with Crippen LogP contribution in [0.4, 0.5) is 0 Å². The molecule has 0 amide bonds. The molecule has 1 aromatic carbocycles. The Bertz CT molecular complexity index is 315. The quantitative estimate of drug-likeness (QED) is 0.759. The Morgan fingerprint density at radius 1 is 1.57 bits per heavy atom. The number of halogens is 1. The number of aromatic hydroxyl groups is 1. The molecule has 0 spiro atoms. The van der Waals surface area contributed by atoms with Crippen molar-refractivity contribution in [2.45, 2.75) is 6.04 Å². The molecule has 0 aromatic heterocycles. The monoisotopic (exact) mass is 215 g/mol. The van der Waals surface area contributed by atoms with Gasteiger partial charge < -0.3 is 15.6 Å². The fraction of sp³-hybridized carbons (Fsp3) is 0.200. The number of methoxy groups -OCH3 is 1. The van der Waals surface area contributed by atoms with Crippen LogP contribution in [0.2, 0.25) is 0 Å². The van der Waals surface area contributed by atoms with Crippen LogP contribution in [0.1, 0.15) is 11.6 Å². The molecular weight excluding hydrogens is 202 g/mol. The van der Waals surface area contributed by atoms with Crippen molar-refractivity contribution in [1.82, 2.24) is 0 Å². The first-order valence-electron chi connectivity index (χ1n) is 3.94. The number of hydrogen-bond acceptors (Lipinski definition) is 3. The lowest BCUT2D eigenvalue weighted by atomic mass is 10.1. The predicted octanol–water partition coefficient (Wildman–Crippen LogP) is 2.01. The van der Waals surface area contributed by atoms with Gasteiger partial charge in [0.25, 0.3) is 0 Å². The minimum atomic E-state index is -0.268. The molecular formula is C10H14ClNO2. The van der Waals surface area contributed by atoms with E-state index >= 15 is 0 Å². The topological polar surface area (TPSA) is 55.5 Å². The number of hydrogen-bond donors (Lipinski definition) is 2. The van der Waals surface area contributed by atoms with Crippen molar-refractivity contribution in [3.63, 3.8) is 0 Å². The molecule has 0 bridgehead atoms. The lowest BCUT2D eigenvalue weighted by Gasteiger charge is -2.11. The van der Waals surface area contributed by atoms with E-state index in [9.17, 15) is 5.11 Å². The summed E-state index contributed by atoms with van der Waals surface area (Å²) in [6.45, 7) is 3.59. The Morgan fingerprint density at radius 3 is 2.71 bits per heavy atom. The van der Waals surface area contributed by atoms with Gasteiger partial charge in [0, 0.05) is 11.6 Å². The van der Waals surface area contributed by atoms with Crippen LogP contribution < -0.4 is 10.5 Å². The standard InChI is InChI=1S/C10H13NO2.ClH/c1-3-9(11)8-5-4-7(12)6-10(8)13-2;/h3-6,9,12H,1,11H2,2H3;1H/t9-;/m1./s1. The molecule has 3 N–H and O–H groups in total. The number of benzene rings is 1. The van der Waals surface area contributed by atoms with Gasteiger partial charge in [0.15, 0.2) is 0 Å². The van der Waals surface area contributed by atoms with Gasteiger partial charge in [-0.1, -0.05) is 6.08 Å². The second kappa shape index (κ2) is 5.52. The zero-order valence-electron chi connectivity index (χ0n) is 7.93. The highest BCUT2D eigenvalue weighted by Gasteiger charge is 2.08. The molecule has 1 atom stereocenters. The number of ether oxygens (including phenoxy) is 1. The van der Waals surface area contributed by atoms with Crippen LogP contribution in [0, 0.1) is 0 Å². The highest BCUT2D eigenvalue weighted by atomic mass is 35.5. The molecule has 1 aromatic rings. The number of nitrogens with two attached hydrogens (primary N) is 1. The van der Waals surface area contributed by atoms with E-state index in [1.165, 1.54) is 13.2 Å². The number of rotatable bonds is 3. The fourth-order valence-corrected chi connectivity index (χ4v) is 1.10. The van der Waals surface area contributed by atoms with Gasteiger partial charge in [0.2, 0.25) is 0 Å². The lowest BCUT2D eigenvalue weighted by molar-refractivity contribution is 0.401. The van der Waals surface area contributed by atoms with Crippen molar-refractivity contribution in [1.29, 1.82) is 0 Å². The molecule has 4 heteroatoms. The van der Waals surface area contributed by atoms with Crippen LogP contribution in [0.25, 0.3) is 0 Å². The van der Waals surface area contributed by atoms with Gasteiger partial charge in [-0.25, -0.2) is 0 Å². The van der Waals surface area contributed by atoms with Crippen molar-refractivity contribution in [3.8, 4) is 11.5 Å². The van der Waals surface area contributed by atoms with Gasteiger partial charge in [-0.05, 0) is 12.1 Å². The fourth-order valence-electron chi connectivity index (χ4n) is 1.10. The maximum Gasteiger partial charge on any atom is 0.127 e. The maximum atomic E-state index is 9.18. The van der Waals surface area contributed by atoms with Gasteiger partial charge in [0.1, 0.15) is 11.5 Å². The third-order valence-electron chi connectivity index (χ3n) is 1.83. The summed E-state index contributed by atoms with van der Waals surface area (Å²) in [4.78, 5) is 0. The number of phenols is 1. The SMILES string of the molecule is C=C[C@@H](N)c1ccc(O)cc1OC.Cl. The minimum absolute atomic E-state index is 0. The van der Waals surface area contributed by atoms with Crippen LogP contribution in [-0.4, -0.2) is 12.2 Å². The Balaban J connectivity index is 0.00000169. The van der Waals surface area contributed by atoms with Crippen LogP contribution in [-0.2, 0) is 0 Å². The molecule has 0 saturated heterocycles. The van der Waals surface area contributed by atoms with E-state index in [1.54, 1.807) is 18.2 Å². The maximum absolute atomic E-state index is 9.18. The van der Waals surface area contributed by atoms with Gasteiger partial charge in [-0.2, -0.15) is 0 Å². The van der Waals surface area contributed by atoms with E-state index < -0.39 is 0 Å². The summed E-state index contributed by atoms with van der Waals surface area (Å²) >= 11 is 0. The average molecular weight is 216 g/mol. The Labute approximate surface area is 89.6 Å². The Kier molecular flexibility index (Phi) is 5.05. The number of phenolic OH excluding ortho intramolecular Hbond substituents is 1. The molecule has 0 aliphatic carbocycles. The molecule has 3 nitrogen and oxygen atoms in total. The van der Waals surface area contributed by atoms with Crippen molar-refractivity contribution in [3.05, 3.63) is 36.4 Å². The van der Waals surface area contributed by atoms with Crippen molar-refractivity contribution >= 4 is 12.4 Å². The molecule has 1 rings (SSSR count). The zero-order valence-corrected chi connectivity index (χ0v) is 8.75. The Morgan fingerprint density at radius 2 is 2.21 bits per heavy atom. The van der Waals surface area contributed by atoms with E-state index in [1.807, 2.05) is 0 Å². The van der Waals surface area contributed by atoms with Gasteiger partial charge in [0.05, 0.1) is 13.2 Å². The summed E-state index contributed by atoms with van der Waals surface area (Å²) < 4.78 is 5.06. The summed E-state index contributed by atoms with van der Waals surface area (Å²) in [5.41, 5.74) is 6.56. The third-order valence-corrected chi connectivity index (χ3v) is 1.83. The lowest BCUT2D eigenvalue weighted by Crippen LogP contribution is -2.07. The molecule has 0 heterocycles. The summed E-state index contributed by atoms with van der Waals surface area (Å²) in [5, 5.41) is 9.18. The molecule has 0 aliphatic rings. The molecule has 14 heavy (non-hydrogen) atoms. The van der Waals surface area contributed by atoms with Gasteiger partial charge >= 0.3 is 0 Å². The normalized spacial score (nSPS) is 11.3. The third kappa shape index (κ3) is 2.65. The smallest absolute Gasteiger partial charge is 0.127 e. The molecule has 0 aliphatic heterocycles. The van der Waals surface area contributed by atoms with E-state index in [0.717, 1.165) is 5.56 Å². The predicted molar refractivity (Wildman–Crippen MR) is 59.0 cm³/mol. The van der Waals surface area contributed by atoms with E-state index in [-0.39, 0.29) is 24.2 Å². The van der Waals surface area contributed by atoms with Crippen molar-refractivity contribution < 1.29 is 9.84 Å². The van der Waals surface area contributed by atoms with Crippen molar-refractivity contribution in [2.75, 3.05) is 7.11 Å². The molecule has 0 saturated carbocycles. The van der Waals surface area contributed by atoms with Gasteiger partial charge in [-0.3, -0.25) is 0 Å². The van der Waals surface area contributed by atoms with Crippen LogP contribution >= 0.6 is 12.4 Å². The second-order valence-electron chi connectivity index (χ2n) is 2.69. The summed E-state index contributed by atoms with van der Waals surface area (Å²) in [7, 11) is 1.54. The Hall–Kier alpha value is -1.19. The molecule has 0 unspecified atom stereocenters. The average Bonchev–Trinajstić information content (AvgIpc) is 2.16. The summed E-state index contributed by atoms with van der Waals surface area (Å²) in [5.74, 6) is 0.740. The highest BCUT2D eigenvalue weighted by Crippen LogP contribution is 2.27. The van der Waals surface area contributed by atoms with Crippen LogP contribution in [0.3, 0.4) is 0 Å². The molecule has 0 radical (unpaired) electrons. The first-order valence-corrected chi connectivity index (χ1v) is 3.94. The largest absolute Gasteiger partial charge is 0.508 e. The van der Waals surface area contributed by atoms with Crippen molar-refractivity contribution in [2.24, 2.45) is 5.73 Å². The van der Waals surface area contributed by atoms with Crippen LogP contribution in [0.5, 0.6) is 11.5 Å². The molecule has 0 fully saturated rings. The zero-order chi connectivity index (χ0) is 9.84. The minimum Gasteiger partial charge on any atom is -0.508 e. The van der Waals surface area contributed by atoms with Crippen LogP contribution in [0.15, 0.2) is 30.9 Å². The van der Waals surface area contributed by atoms with E-state index in [4.69, 9.17) is 10.5 Å². The van der Waals surface area contributed by atoms with E-state index in [0.29, 0.717) is 5.75 Å². The first-order chi connectivity index (χ1) is 6.19. The summed E-state index contributed by atoms with van der Waals surface area (Å²) in [6, 6.07) is 4.55.